The van der Waals surface area contributed by atoms with Gasteiger partial charge in [-0.05, 0) is 50.9 Å². The molecule has 0 aliphatic rings. The smallest absolute Gasteiger partial charge is 0.120 e. The summed E-state index contributed by atoms with van der Waals surface area (Å²) in [6, 6.07) is 8.09. The van der Waals surface area contributed by atoms with Crippen molar-refractivity contribution in [1.29, 1.82) is 0 Å². The minimum absolute atomic E-state index is 0.556. The Kier molecular flexibility index (Phi) is 8.54. The van der Waals surface area contributed by atoms with Gasteiger partial charge in [-0.15, -0.1) is 0 Å². The van der Waals surface area contributed by atoms with Crippen molar-refractivity contribution >= 4 is 10.8 Å². The first kappa shape index (κ1) is 17.2. The molecule has 0 amide bonds. The Morgan fingerprint density at radius 1 is 1.35 bits per heavy atom. The molecule has 0 radical (unpaired) electrons. The van der Waals surface area contributed by atoms with E-state index in [9.17, 15) is 4.21 Å². The summed E-state index contributed by atoms with van der Waals surface area (Å²) in [7, 11) is 0.716. The lowest BCUT2D eigenvalue weighted by molar-refractivity contribution is 0.413. The van der Waals surface area contributed by atoms with E-state index < -0.39 is 10.8 Å². The Labute approximate surface area is 125 Å². The molecule has 0 heterocycles. The summed E-state index contributed by atoms with van der Waals surface area (Å²) in [5.41, 5.74) is 0. The van der Waals surface area contributed by atoms with Crippen LogP contribution in [-0.4, -0.2) is 29.7 Å². The first-order valence-corrected chi connectivity index (χ1v) is 8.75. The summed E-state index contributed by atoms with van der Waals surface area (Å²) in [5, 5.41) is 3.47. The van der Waals surface area contributed by atoms with Crippen LogP contribution in [0.5, 0.6) is 5.75 Å². The Morgan fingerprint density at radius 3 is 2.85 bits per heavy atom. The van der Waals surface area contributed by atoms with Gasteiger partial charge in [0.2, 0.25) is 0 Å². The van der Waals surface area contributed by atoms with E-state index >= 15 is 0 Å². The Morgan fingerprint density at radius 2 is 2.15 bits per heavy atom. The van der Waals surface area contributed by atoms with Crippen LogP contribution in [-0.2, 0) is 10.8 Å². The van der Waals surface area contributed by atoms with Crippen LogP contribution in [0.4, 0.5) is 0 Å². The third kappa shape index (κ3) is 6.53. The molecule has 0 aliphatic heterocycles. The van der Waals surface area contributed by atoms with Gasteiger partial charge >= 0.3 is 0 Å². The van der Waals surface area contributed by atoms with Crippen LogP contribution in [0.25, 0.3) is 0 Å². The molecular formula is C16H27NO2S. The van der Waals surface area contributed by atoms with Gasteiger partial charge in [-0.2, -0.15) is 0 Å². The van der Waals surface area contributed by atoms with Gasteiger partial charge in [-0.3, -0.25) is 4.21 Å². The fourth-order valence-electron chi connectivity index (χ4n) is 2.04. The fourth-order valence-corrected chi connectivity index (χ4v) is 3.22. The van der Waals surface area contributed by atoms with Crippen LogP contribution in [0.15, 0.2) is 29.2 Å². The number of nitrogens with one attached hydrogen (secondary N) is 1. The van der Waals surface area contributed by atoms with Gasteiger partial charge in [-0.1, -0.05) is 19.4 Å². The number of ether oxygens (including phenoxy) is 1. The molecule has 4 heteroatoms. The highest BCUT2D eigenvalue weighted by Gasteiger charge is 2.06. The van der Waals surface area contributed by atoms with Gasteiger partial charge in [0.15, 0.2) is 0 Å². The monoisotopic (exact) mass is 297 g/mol. The van der Waals surface area contributed by atoms with Crippen molar-refractivity contribution in [1.82, 2.24) is 5.32 Å². The molecule has 20 heavy (non-hydrogen) atoms. The highest BCUT2D eigenvalue weighted by molar-refractivity contribution is 7.85. The highest BCUT2D eigenvalue weighted by Crippen LogP contribution is 2.16. The van der Waals surface area contributed by atoms with Gasteiger partial charge in [0.05, 0.1) is 17.9 Å². The molecule has 2 unspecified atom stereocenters. The summed E-state index contributed by atoms with van der Waals surface area (Å²) < 4.78 is 17.3. The number of hydrogen-bond acceptors (Lipinski definition) is 3. The van der Waals surface area contributed by atoms with E-state index in [1.807, 2.05) is 24.3 Å². The van der Waals surface area contributed by atoms with Gasteiger partial charge in [0, 0.05) is 16.7 Å². The molecular weight excluding hydrogens is 270 g/mol. The quantitative estimate of drug-likeness (QED) is 0.673. The van der Waals surface area contributed by atoms with Crippen molar-refractivity contribution in [3.05, 3.63) is 24.3 Å². The SMILES string of the molecule is CCCNC(C)CCCCS(=O)c1cccc(OC)c1. The zero-order valence-electron chi connectivity index (χ0n) is 12.9. The molecule has 114 valence electrons. The van der Waals surface area contributed by atoms with E-state index in [0.29, 0.717) is 6.04 Å². The summed E-state index contributed by atoms with van der Waals surface area (Å²) in [6.07, 6.45) is 4.44. The Hall–Kier alpha value is -0.870. The van der Waals surface area contributed by atoms with E-state index in [2.05, 4.69) is 19.2 Å². The first-order valence-electron chi connectivity index (χ1n) is 7.43. The Balaban J connectivity index is 2.26. The third-order valence-electron chi connectivity index (χ3n) is 3.26. The summed E-state index contributed by atoms with van der Waals surface area (Å²) in [6.45, 7) is 5.47. The highest BCUT2D eigenvalue weighted by atomic mass is 32.2. The molecule has 1 aromatic carbocycles. The maximum Gasteiger partial charge on any atom is 0.120 e. The third-order valence-corrected chi connectivity index (χ3v) is 4.70. The minimum Gasteiger partial charge on any atom is -0.497 e. The van der Waals surface area contributed by atoms with Crippen molar-refractivity contribution < 1.29 is 8.95 Å². The molecule has 1 aromatic rings. The lowest BCUT2D eigenvalue weighted by Gasteiger charge is -2.12. The molecule has 0 fully saturated rings. The molecule has 3 nitrogen and oxygen atoms in total. The number of unbranched alkanes of at least 4 members (excludes halogenated alkanes) is 1. The molecule has 0 bridgehead atoms. The molecule has 2 atom stereocenters. The normalized spacial score (nSPS) is 13.9. The van der Waals surface area contributed by atoms with E-state index in [1.54, 1.807) is 7.11 Å². The van der Waals surface area contributed by atoms with E-state index in [1.165, 1.54) is 6.42 Å². The second-order valence-corrected chi connectivity index (χ2v) is 6.65. The predicted molar refractivity (Wildman–Crippen MR) is 85.9 cm³/mol. The topological polar surface area (TPSA) is 38.3 Å². The van der Waals surface area contributed by atoms with Crippen molar-refractivity contribution in [2.45, 2.75) is 50.5 Å². The van der Waals surface area contributed by atoms with Gasteiger partial charge in [-0.25, -0.2) is 0 Å². The van der Waals surface area contributed by atoms with Crippen LogP contribution >= 0.6 is 0 Å². The number of rotatable bonds is 10. The summed E-state index contributed by atoms with van der Waals surface area (Å²) >= 11 is 0. The van der Waals surface area contributed by atoms with Crippen molar-refractivity contribution in [2.24, 2.45) is 0 Å². The van der Waals surface area contributed by atoms with Gasteiger partial charge < -0.3 is 10.1 Å². The fraction of sp³-hybridized carbons (Fsp3) is 0.625. The standard InChI is InChI=1S/C16H27NO2S/c1-4-11-17-14(2)8-5-6-12-20(18)16-10-7-9-15(13-16)19-3/h7,9-10,13-14,17H,4-6,8,11-12H2,1-3H3. The lowest BCUT2D eigenvalue weighted by Crippen LogP contribution is -2.26. The van der Waals surface area contributed by atoms with Crippen molar-refractivity contribution in [3.63, 3.8) is 0 Å². The van der Waals surface area contributed by atoms with Gasteiger partial charge in [0.25, 0.3) is 0 Å². The van der Waals surface area contributed by atoms with Gasteiger partial charge in [0.1, 0.15) is 5.75 Å². The molecule has 0 aromatic heterocycles. The molecule has 0 aliphatic carbocycles. The second-order valence-electron chi connectivity index (χ2n) is 5.08. The number of benzene rings is 1. The van der Waals surface area contributed by atoms with Crippen molar-refractivity contribution in [2.75, 3.05) is 19.4 Å². The summed E-state index contributed by atoms with van der Waals surface area (Å²) in [4.78, 5) is 0.863. The molecule has 0 saturated carbocycles. The van der Waals surface area contributed by atoms with E-state index in [-0.39, 0.29) is 0 Å². The van der Waals surface area contributed by atoms with Crippen LogP contribution in [0.2, 0.25) is 0 Å². The van der Waals surface area contributed by atoms with Crippen molar-refractivity contribution in [3.8, 4) is 5.75 Å². The average molecular weight is 297 g/mol. The van der Waals surface area contributed by atoms with E-state index in [0.717, 1.165) is 42.2 Å². The van der Waals surface area contributed by atoms with Crippen LogP contribution < -0.4 is 10.1 Å². The summed E-state index contributed by atoms with van der Waals surface area (Å²) in [5.74, 6) is 1.50. The minimum atomic E-state index is -0.916. The molecule has 1 rings (SSSR count). The van der Waals surface area contributed by atoms with E-state index in [4.69, 9.17) is 4.74 Å². The van der Waals surface area contributed by atoms with Crippen LogP contribution in [0.1, 0.15) is 39.5 Å². The molecule has 0 saturated heterocycles. The predicted octanol–water partition coefficient (Wildman–Crippen LogP) is 3.36. The molecule has 0 spiro atoms. The maximum atomic E-state index is 12.2. The van der Waals surface area contributed by atoms with Crippen LogP contribution in [0.3, 0.4) is 0 Å². The average Bonchev–Trinajstić information content (AvgIpc) is 2.49. The Bertz CT molecular complexity index is 409. The number of methoxy groups -OCH3 is 1. The second kappa shape index (κ2) is 9.94. The lowest BCUT2D eigenvalue weighted by atomic mass is 10.1. The molecule has 1 N–H and O–H groups in total. The largest absolute Gasteiger partial charge is 0.497 e. The zero-order chi connectivity index (χ0) is 14.8. The zero-order valence-corrected chi connectivity index (χ0v) is 13.7. The van der Waals surface area contributed by atoms with Crippen LogP contribution in [0, 0.1) is 0 Å². The number of hydrogen-bond donors (Lipinski definition) is 1. The first-order chi connectivity index (χ1) is 9.67. The maximum absolute atomic E-state index is 12.2.